The average Bonchev–Trinajstić information content (AvgIpc) is 3.41. The Hall–Kier alpha value is -1.69. The number of thioether (sulfide) groups is 1. The van der Waals surface area contributed by atoms with Gasteiger partial charge in [-0.05, 0) is 43.6 Å². The van der Waals surface area contributed by atoms with Crippen LogP contribution in [0.2, 0.25) is 0 Å². The van der Waals surface area contributed by atoms with E-state index in [-0.39, 0.29) is 11.8 Å². The summed E-state index contributed by atoms with van der Waals surface area (Å²) < 4.78 is 5.23. The predicted molar refractivity (Wildman–Crippen MR) is 96.6 cm³/mol. The molecule has 130 valence electrons. The molecule has 0 aromatic heterocycles. The SMILES string of the molecule is COc1cccc(N2CCN(C(=O)CSCC3CC3)C(C)C2=O)c1. The fourth-order valence-corrected chi connectivity index (χ4v) is 4.05. The monoisotopic (exact) mass is 348 g/mol. The minimum Gasteiger partial charge on any atom is -0.497 e. The van der Waals surface area contributed by atoms with E-state index in [1.54, 1.807) is 28.7 Å². The lowest BCUT2D eigenvalue weighted by Crippen LogP contribution is -2.58. The van der Waals surface area contributed by atoms with E-state index < -0.39 is 6.04 Å². The molecule has 1 heterocycles. The molecular weight excluding hydrogens is 324 g/mol. The van der Waals surface area contributed by atoms with Gasteiger partial charge in [0.25, 0.3) is 0 Å². The van der Waals surface area contributed by atoms with Crippen molar-refractivity contribution in [2.24, 2.45) is 5.92 Å². The van der Waals surface area contributed by atoms with Gasteiger partial charge in [0, 0.05) is 24.8 Å². The van der Waals surface area contributed by atoms with Crippen LogP contribution in [0.15, 0.2) is 24.3 Å². The normalized spacial score (nSPS) is 21.1. The Morgan fingerprint density at radius 2 is 2.12 bits per heavy atom. The van der Waals surface area contributed by atoms with Gasteiger partial charge in [0.2, 0.25) is 11.8 Å². The van der Waals surface area contributed by atoms with Gasteiger partial charge in [0.1, 0.15) is 11.8 Å². The first-order valence-corrected chi connectivity index (χ1v) is 9.58. The molecule has 0 N–H and O–H groups in total. The summed E-state index contributed by atoms with van der Waals surface area (Å²) in [6, 6.07) is 7.06. The molecule has 2 aliphatic rings. The molecule has 1 saturated carbocycles. The Balaban J connectivity index is 1.60. The maximum Gasteiger partial charge on any atom is 0.249 e. The number of piperazine rings is 1. The van der Waals surface area contributed by atoms with Crippen LogP contribution in [0.5, 0.6) is 5.75 Å². The number of nitrogens with zero attached hydrogens (tertiary/aromatic N) is 2. The lowest BCUT2D eigenvalue weighted by molar-refractivity contribution is -0.138. The van der Waals surface area contributed by atoms with Crippen molar-refractivity contribution >= 4 is 29.3 Å². The molecule has 1 unspecified atom stereocenters. The molecule has 1 aliphatic heterocycles. The number of ether oxygens (including phenoxy) is 1. The van der Waals surface area contributed by atoms with Gasteiger partial charge >= 0.3 is 0 Å². The van der Waals surface area contributed by atoms with Crippen LogP contribution in [0, 0.1) is 5.92 Å². The van der Waals surface area contributed by atoms with Crippen LogP contribution in [-0.2, 0) is 9.59 Å². The molecular formula is C18H24N2O3S. The fourth-order valence-electron chi connectivity index (χ4n) is 2.93. The van der Waals surface area contributed by atoms with E-state index in [0.717, 1.165) is 23.1 Å². The number of rotatable bonds is 6. The van der Waals surface area contributed by atoms with E-state index in [2.05, 4.69) is 0 Å². The number of carbonyl (C=O) groups is 2. The molecule has 0 radical (unpaired) electrons. The second-order valence-electron chi connectivity index (χ2n) is 6.41. The molecule has 2 fully saturated rings. The largest absolute Gasteiger partial charge is 0.497 e. The molecule has 5 nitrogen and oxygen atoms in total. The summed E-state index contributed by atoms with van der Waals surface area (Å²) in [4.78, 5) is 28.6. The minimum atomic E-state index is -0.418. The Morgan fingerprint density at radius 3 is 2.83 bits per heavy atom. The molecule has 1 aliphatic carbocycles. The maximum absolute atomic E-state index is 12.7. The summed E-state index contributed by atoms with van der Waals surface area (Å²) in [6.07, 6.45) is 2.60. The molecule has 24 heavy (non-hydrogen) atoms. The zero-order chi connectivity index (χ0) is 17.1. The van der Waals surface area contributed by atoms with Crippen molar-refractivity contribution in [2.45, 2.75) is 25.8 Å². The first-order chi connectivity index (χ1) is 11.6. The number of hydrogen-bond donors (Lipinski definition) is 0. The first-order valence-electron chi connectivity index (χ1n) is 8.43. The third kappa shape index (κ3) is 3.86. The third-order valence-corrected chi connectivity index (χ3v) is 5.77. The molecule has 2 amide bonds. The molecule has 1 atom stereocenters. The van der Waals surface area contributed by atoms with E-state index in [4.69, 9.17) is 4.74 Å². The van der Waals surface area contributed by atoms with Crippen LogP contribution >= 0.6 is 11.8 Å². The van der Waals surface area contributed by atoms with E-state index in [0.29, 0.717) is 18.8 Å². The van der Waals surface area contributed by atoms with Crippen molar-refractivity contribution in [3.8, 4) is 5.75 Å². The summed E-state index contributed by atoms with van der Waals surface area (Å²) >= 11 is 1.70. The predicted octanol–water partition coefficient (Wildman–Crippen LogP) is 2.40. The van der Waals surface area contributed by atoms with Crippen LogP contribution < -0.4 is 9.64 Å². The second kappa shape index (κ2) is 7.47. The topological polar surface area (TPSA) is 49.9 Å². The van der Waals surface area contributed by atoms with Crippen LogP contribution in [-0.4, -0.2) is 54.5 Å². The van der Waals surface area contributed by atoms with Gasteiger partial charge in [-0.25, -0.2) is 0 Å². The lowest BCUT2D eigenvalue weighted by atomic mass is 10.1. The van der Waals surface area contributed by atoms with Gasteiger partial charge < -0.3 is 14.5 Å². The maximum atomic E-state index is 12.7. The number of methoxy groups -OCH3 is 1. The third-order valence-electron chi connectivity index (χ3n) is 4.62. The van der Waals surface area contributed by atoms with E-state index in [1.165, 1.54) is 12.8 Å². The van der Waals surface area contributed by atoms with Crippen LogP contribution in [0.25, 0.3) is 0 Å². The highest BCUT2D eigenvalue weighted by molar-refractivity contribution is 7.99. The highest BCUT2D eigenvalue weighted by atomic mass is 32.2. The Kier molecular flexibility index (Phi) is 5.33. The number of carbonyl (C=O) groups excluding carboxylic acids is 2. The molecule has 6 heteroatoms. The fraction of sp³-hybridized carbons (Fsp3) is 0.556. The standard InChI is InChI=1S/C18H24N2O3S/c1-13-18(22)20(15-4-3-5-16(10-15)23-2)9-8-19(13)17(21)12-24-11-14-6-7-14/h3-5,10,13-14H,6-9,11-12H2,1-2H3. The summed E-state index contributed by atoms with van der Waals surface area (Å²) in [5.74, 6) is 3.13. The van der Waals surface area contributed by atoms with E-state index >= 15 is 0 Å². The second-order valence-corrected chi connectivity index (χ2v) is 7.44. The van der Waals surface area contributed by atoms with Gasteiger partial charge in [0.15, 0.2) is 0 Å². The Morgan fingerprint density at radius 1 is 1.33 bits per heavy atom. The summed E-state index contributed by atoms with van der Waals surface area (Å²) in [5, 5.41) is 0. The lowest BCUT2D eigenvalue weighted by Gasteiger charge is -2.39. The Labute approximate surface area is 147 Å². The van der Waals surface area contributed by atoms with Crippen molar-refractivity contribution in [1.82, 2.24) is 4.90 Å². The average molecular weight is 348 g/mol. The van der Waals surface area contributed by atoms with Crippen molar-refractivity contribution in [1.29, 1.82) is 0 Å². The quantitative estimate of drug-likeness (QED) is 0.792. The number of amides is 2. The van der Waals surface area contributed by atoms with Gasteiger partial charge in [-0.3, -0.25) is 9.59 Å². The van der Waals surface area contributed by atoms with Crippen LogP contribution in [0.1, 0.15) is 19.8 Å². The van der Waals surface area contributed by atoms with Gasteiger partial charge in [0.05, 0.1) is 12.9 Å². The highest BCUT2D eigenvalue weighted by Crippen LogP contribution is 2.32. The van der Waals surface area contributed by atoms with E-state index in [9.17, 15) is 9.59 Å². The van der Waals surface area contributed by atoms with Crippen molar-refractivity contribution in [3.63, 3.8) is 0 Å². The van der Waals surface area contributed by atoms with Crippen molar-refractivity contribution in [3.05, 3.63) is 24.3 Å². The summed E-state index contributed by atoms with van der Waals surface area (Å²) in [5.41, 5.74) is 0.821. The number of anilines is 1. The summed E-state index contributed by atoms with van der Waals surface area (Å²) in [6.45, 7) is 2.92. The Bertz CT molecular complexity index is 618. The zero-order valence-corrected chi connectivity index (χ0v) is 15.1. The molecule has 1 saturated heterocycles. The van der Waals surface area contributed by atoms with Crippen LogP contribution in [0.3, 0.4) is 0 Å². The van der Waals surface area contributed by atoms with Crippen LogP contribution in [0.4, 0.5) is 5.69 Å². The molecule has 3 rings (SSSR count). The first kappa shape index (κ1) is 17.1. The van der Waals surface area contributed by atoms with Crippen molar-refractivity contribution in [2.75, 3.05) is 36.6 Å². The number of benzene rings is 1. The van der Waals surface area contributed by atoms with Gasteiger partial charge in [-0.1, -0.05) is 6.07 Å². The number of hydrogen-bond acceptors (Lipinski definition) is 4. The zero-order valence-electron chi connectivity index (χ0n) is 14.2. The molecule has 1 aromatic carbocycles. The summed E-state index contributed by atoms with van der Waals surface area (Å²) in [7, 11) is 1.61. The molecule has 0 bridgehead atoms. The molecule has 0 spiro atoms. The minimum absolute atomic E-state index is 0.0324. The smallest absolute Gasteiger partial charge is 0.249 e. The van der Waals surface area contributed by atoms with Crippen molar-refractivity contribution < 1.29 is 14.3 Å². The highest BCUT2D eigenvalue weighted by Gasteiger charge is 2.35. The van der Waals surface area contributed by atoms with Gasteiger partial charge in [-0.2, -0.15) is 11.8 Å². The van der Waals surface area contributed by atoms with E-state index in [1.807, 2.05) is 31.2 Å². The van der Waals surface area contributed by atoms with Gasteiger partial charge in [-0.15, -0.1) is 0 Å². The molecule has 1 aromatic rings.